The molecule has 1 fully saturated rings. The largest absolute Gasteiger partial charge is 0.380 e. The third kappa shape index (κ3) is 4.55. The predicted octanol–water partition coefficient (Wildman–Crippen LogP) is 2.83. The zero-order valence-corrected chi connectivity index (χ0v) is 14.0. The lowest BCUT2D eigenvalue weighted by molar-refractivity contribution is 0.0797. The molecular weight excluding hydrogens is 276 g/mol. The van der Waals surface area contributed by atoms with E-state index in [-0.39, 0.29) is 11.4 Å². The number of nitrogens with one attached hydrogen (secondary N) is 1. The molecule has 2 rings (SSSR count). The Morgan fingerprint density at radius 1 is 1.18 bits per heavy atom. The normalized spacial score (nSPS) is 16.5. The van der Waals surface area contributed by atoms with Gasteiger partial charge in [0.2, 0.25) is 0 Å². The molecule has 1 N–H and O–H groups in total. The summed E-state index contributed by atoms with van der Waals surface area (Å²) in [7, 11) is 1.67. The monoisotopic (exact) mass is 304 g/mol. The Bertz CT molecular complexity index is 476. The van der Waals surface area contributed by atoms with E-state index in [1.807, 2.05) is 24.3 Å². The Morgan fingerprint density at radius 3 is 2.41 bits per heavy atom. The van der Waals surface area contributed by atoms with Gasteiger partial charge in [-0.05, 0) is 57.5 Å². The van der Waals surface area contributed by atoms with Crippen LogP contribution in [-0.2, 0) is 11.3 Å². The molecule has 0 atom stereocenters. The second kappa shape index (κ2) is 7.75. The van der Waals surface area contributed by atoms with E-state index in [9.17, 15) is 4.79 Å². The molecule has 4 heteroatoms. The number of hydrogen-bond acceptors (Lipinski definition) is 3. The Balaban J connectivity index is 1.88. The molecule has 1 aromatic rings. The summed E-state index contributed by atoms with van der Waals surface area (Å²) in [5.41, 5.74) is 1.79. The summed E-state index contributed by atoms with van der Waals surface area (Å²) in [6, 6.07) is 7.59. The average Bonchev–Trinajstić information content (AvgIpc) is 2.54. The van der Waals surface area contributed by atoms with Crippen molar-refractivity contribution in [3.8, 4) is 0 Å². The maximum atomic E-state index is 12.3. The van der Waals surface area contributed by atoms with Crippen molar-refractivity contribution in [1.29, 1.82) is 0 Å². The van der Waals surface area contributed by atoms with E-state index in [1.165, 1.54) is 19.3 Å². The van der Waals surface area contributed by atoms with Crippen molar-refractivity contribution in [1.82, 2.24) is 10.2 Å². The van der Waals surface area contributed by atoms with E-state index < -0.39 is 0 Å². The number of carbonyl (C=O) groups is 1. The molecule has 1 aliphatic rings. The molecule has 1 saturated heterocycles. The zero-order valence-electron chi connectivity index (χ0n) is 14.0. The van der Waals surface area contributed by atoms with Crippen LogP contribution in [0.3, 0.4) is 0 Å². The van der Waals surface area contributed by atoms with E-state index in [4.69, 9.17) is 4.74 Å². The number of amides is 1. The van der Waals surface area contributed by atoms with Gasteiger partial charge in [0.15, 0.2) is 0 Å². The second-order valence-electron chi connectivity index (χ2n) is 6.67. The van der Waals surface area contributed by atoms with E-state index >= 15 is 0 Å². The fraction of sp³-hybridized carbons (Fsp3) is 0.611. The summed E-state index contributed by atoms with van der Waals surface area (Å²) in [6.07, 6.45) is 3.85. The molecule has 4 nitrogen and oxygen atoms in total. The second-order valence-corrected chi connectivity index (χ2v) is 6.67. The van der Waals surface area contributed by atoms with Crippen LogP contribution in [0.4, 0.5) is 0 Å². The summed E-state index contributed by atoms with van der Waals surface area (Å²) in [4.78, 5) is 14.8. The van der Waals surface area contributed by atoms with Crippen molar-refractivity contribution < 1.29 is 9.53 Å². The minimum atomic E-state index is -0.00551. The molecule has 0 unspecified atom stereocenters. The number of rotatable bonds is 6. The smallest absolute Gasteiger partial charge is 0.251 e. The number of methoxy groups -OCH3 is 1. The van der Waals surface area contributed by atoms with Crippen LogP contribution in [0.2, 0.25) is 0 Å². The number of nitrogens with zero attached hydrogens (tertiary/aromatic N) is 1. The van der Waals surface area contributed by atoms with Crippen molar-refractivity contribution >= 4 is 5.91 Å². The molecule has 1 amide bonds. The van der Waals surface area contributed by atoms with Crippen LogP contribution in [0.25, 0.3) is 0 Å². The highest BCUT2D eigenvalue weighted by atomic mass is 16.5. The molecular formula is C18H28N2O2. The molecule has 0 saturated carbocycles. The predicted molar refractivity (Wildman–Crippen MR) is 89.0 cm³/mol. The summed E-state index contributed by atoms with van der Waals surface area (Å²) < 4.78 is 5.08. The topological polar surface area (TPSA) is 41.6 Å². The Hall–Kier alpha value is -1.39. The minimum absolute atomic E-state index is 0.00551. The molecule has 0 spiro atoms. The zero-order chi connectivity index (χ0) is 16.0. The van der Waals surface area contributed by atoms with Crippen molar-refractivity contribution in [3.05, 3.63) is 35.4 Å². The van der Waals surface area contributed by atoms with Crippen LogP contribution in [-0.4, -0.2) is 43.1 Å². The lowest BCUT2D eigenvalue weighted by Crippen LogP contribution is -2.53. The van der Waals surface area contributed by atoms with Gasteiger partial charge >= 0.3 is 0 Å². The highest BCUT2D eigenvalue weighted by Gasteiger charge is 2.28. The van der Waals surface area contributed by atoms with Crippen LogP contribution in [0.5, 0.6) is 0 Å². The van der Waals surface area contributed by atoms with E-state index in [0.717, 1.165) is 18.7 Å². The number of carbonyl (C=O) groups excluding carboxylic acids is 1. The number of hydrogen-bond donors (Lipinski definition) is 1. The first-order valence-electron chi connectivity index (χ1n) is 8.14. The van der Waals surface area contributed by atoms with Gasteiger partial charge in [-0.3, -0.25) is 9.69 Å². The van der Waals surface area contributed by atoms with E-state index in [2.05, 4.69) is 24.1 Å². The average molecular weight is 304 g/mol. The third-order valence-corrected chi connectivity index (χ3v) is 4.42. The highest BCUT2D eigenvalue weighted by Crippen LogP contribution is 2.20. The summed E-state index contributed by atoms with van der Waals surface area (Å²) in [5, 5.41) is 3.08. The number of likely N-dealkylation sites (tertiary alicyclic amines) is 1. The first-order valence-corrected chi connectivity index (χ1v) is 8.14. The van der Waals surface area contributed by atoms with Crippen LogP contribution in [0, 0.1) is 0 Å². The van der Waals surface area contributed by atoms with Gasteiger partial charge in [0.25, 0.3) is 5.91 Å². The lowest BCUT2D eigenvalue weighted by Gasteiger charge is -2.41. The molecule has 1 heterocycles. The van der Waals surface area contributed by atoms with Crippen molar-refractivity contribution in [3.63, 3.8) is 0 Å². The molecule has 122 valence electrons. The van der Waals surface area contributed by atoms with Gasteiger partial charge < -0.3 is 10.1 Å². The van der Waals surface area contributed by atoms with Gasteiger partial charge in [0.1, 0.15) is 0 Å². The van der Waals surface area contributed by atoms with Crippen LogP contribution in [0.15, 0.2) is 24.3 Å². The van der Waals surface area contributed by atoms with Crippen molar-refractivity contribution in [2.24, 2.45) is 0 Å². The van der Waals surface area contributed by atoms with E-state index in [1.54, 1.807) is 7.11 Å². The summed E-state index contributed by atoms with van der Waals surface area (Å²) in [5.74, 6) is -0.00551. The van der Waals surface area contributed by atoms with Gasteiger partial charge in [-0.1, -0.05) is 18.6 Å². The quantitative estimate of drug-likeness (QED) is 0.878. The minimum Gasteiger partial charge on any atom is -0.380 e. The van der Waals surface area contributed by atoms with Crippen LogP contribution < -0.4 is 5.32 Å². The van der Waals surface area contributed by atoms with Crippen LogP contribution >= 0.6 is 0 Å². The molecule has 0 aliphatic carbocycles. The SMILES string of the molecule is COCc1ccc(C(=O)NCC(C)(C)N2CCCCC2)cc1. The fourth-order valence-corrected chi connectivity index (χ4v) is 2.93. The molecule has 0 bridgehead atoms. The Labute approximate surface area is 133 Å². The van der Waals surface area contributed by atoms with Gasteiger partial charge in [0, 0.05) is 24.8 Å². The van der Waals surface area contributed by atoms with Crippen LogP contribution in [0.1, 0.15) is 49.0 Å². The Morgan fingerprint density at radius 2 is 1.82 bits per heavy atom. The maximum Gasteiger partial charge on any atom is 0.251 e. The molecule has 1 aliphatic heterocycles. The van der Waals surface area contributed by atoms with Crippen molar-refractivity contribution in [2.75, 3.05) is 26.7 Å². The summed E-state index contributed by atoms with van der Waals surface area (Å²) in [6.45, 7) is 7.93. The number of ether oxygens (including phenoxy) is 1. The fourth-order valence-electron chi connectivity index (χ4n) is 2.93. The number of benzene rings is 1. The number of piperidine rings is 1. The third-order valence-electron chi connectivity index (χ3n) is 4.42. The highest BCUT2D eigenvalue weighted by molar-refractivity contribution is 5.94. The molecule has 0 aromatic heterocycles. The van der Waals surface area contributed by atoms with Gasteiger partial charge in [-0.15, -0.1) is 0 Å². The Kier molecular flexibility index (Phi) is 5.98. The molecule has 0 radical (unpaired) electrons. The first-order chi connectivity index (χ1) is 10.5. The molecule has 22 heavy (non-hydrogen) atoms. The van der Waals surface area contributed by atoms with Gasteiger partial charge in [-0.2, -0.15) is 0 Å². The first kappa shape index (κ1) is 17.0. The van der Waals surface area contributed by atoms with Crippen molar-refractivity contribution in [2.45, 2.75) is 45.3 Å². The summed E-state index contributed by atoms with van der Waals surface area (Å²) >= 11 is 0. The van der Waals surface area contributed by atoms with E-state index in [0.29, 0.717) is 18.7 Å². The van der Waals surface area contributed by atoms with Gasteiger partial charge in [-0.25, -0.2) is 0 Å². The van der Waals surface area contributed by atoms with Gasteiger partial charge in [0.05, 0.1) is 6.61 Å². The lowest BCUT2D eigenvalue weighted by atomic mass is 9.98. The standard InChI is InChI=1S/C18H28N2O2/c1-18(2,20-11-5-4-6-12-20)14-19-17(21)16-9-7-15(8-10-16)13-22-3/h7-10H,4-6,11-14H2,1-3H3,(H,19,21). The molecule has 1 aromatic carbocycles. The maximum absolute atomic E-state index is 12.3.